The minimum atomic E-state index is -0.254. The summed E-state index contributed by atoms with van der Waals surface area (Å²) in [6.07, 6.45) is 0.331. The van der Waals surface area contributed by atoms with E-state index in [-0.39, 0.29) is 5.82 Å². The van der Waals surface area contributed by atoms with Gasteiger partial charge in [-0.2, -0.15) is 4.98 Å². The molecule has 0 aliphatic heterocycles. The molecular formula is C14H18FN3O2. The van der Waals surface area contributed by atoms with Crippen LogP contribution in [0.1, 0.15) is 17.3 Å². The van der Waals surface area contributed by atoms with Gasteiger partial charge >= 0.3 is 0 Å². The average molecular weight is 279 g/mol. The monoisotopic (exact) mass is 279 g/mol. The molecule has 2 aromatic rings. The van der Waals surface area contributed by atoms with Gasteiger partial charge in [0.15, 0.2) is 5.82 Å². The predicted octanol–water partition coefficient (Wildman–Crippen LogP) is 1.88. The van der Waals surface area contributed by atoms with E-state index in [0.29, 0.717) is 36.9 Å². The van der Waals surface area contributed by atoms with Gasteiger partial charge in [0.1, 0.15) is 5.82 Å². The van der Waals surface area contributed by atoms with Crippen molar-refractivity contribution in [3.8, 4) is 0 Å². The number of aromatic nitrogens is 2. The van der Waals surface area contributed by atoms with Crippen molar-refractivity contribution in [1.29, 1.82) is 0 Å². The van der Waals surface area contributed by atoms with Crippen molar-refractivity contribution in [3.05, 3.63) is 47.4 Å². The maximum absolute atomic E-state index is 13.5. The predicted molar refractivity (Wildman–Crippen MR) is 71.7 cm³/mol. The minimum absolute atomic E-state index is 0.254. The summed E-state index contributed by atoms with van der Waals surface area (Å²) in [4.78, 5) is 6.29. The summed E-state index contributed by atoms with van der Waals surface area (Å²) in [5, 5.41) is 3.88. The van der Waals surface area contributed by atoms with Gasteiger partial charge in [-0.05, 0) is 18.7 Å². The number of nitrogens with zero attached hydrogens (tertiary/aromatic N) is 3. The zero-order valence-corrected chi connectivity index (χ0v) is 11.7. The largest absolute Gasteiger partial charge is 0.383 e. The lowest BCUT2D eigenvalue weighted by atomic mass is 10.1. The number of benzene rings is 1. The molecule has 0 radical (unpaired) electrons. The first-order chi connectivity index (χ1) is 9.69. The molecule has 1 heterocycles. The number of ether oxygens (including phenoxy) is 1. The van der Waals surface area contributed by atoms with Crippen molar-refractivity contribution in [2.45, 2.75) is 13.0 Å². The average Bonchev–Trinajstić information content (AvgIpc) is 2.86. The highest BCUT2D eigenvalue weighted by Gasteiger charge is 2.11. The Hall–Kier alpha value is -1.79. The van der Waals surface area contributed by atoms with Gasteiger partial charge in [0.05, 0.1) is 13.2 Å². The molecule has 1 aromatic carbocycles. The molecule has 108 valence electrons. The van der Waals surface area contributed by atoms with Crippen LogP contribution in [0.4, 0.5) is 4.39 Å². The zero-order valence-electron chi connectivity index (χ0n) is 11.7. The number of methoxy groups -OCH3 is 1. The third kappa shape index (κ3) is 4.11. The third-order valence-electron chi connectivity index (χ3n) is 2.90. The van der Waals surface area contributed by atoms with Gasteiger partial charge in [-0.3, -0.25) is 4.90 Å². The molecule has 0 spiro atoms. The van der Waals surface area contributed by atoms with Gasteiger partial charge in [-0.15, -0.1) is 0 Å². The summed E-state index contributed by atoms with van der Waals surface area (Å²) in [6, 6.07) is 6.59. The van der Waals surface area contributed by atoms with E-state index in [0.717, 1.165) is 6.54 Å². The smallest absolute Gasteiger partial charge is 0.240 e. The minimum Gasteiger partial charge on any atom is -0.383 e. The lowest BCUT2D eigenvalue weighted by Gasteiger charge is -2.12. The Bertz CT molecular complexity index is 545. The highest BCUT2D eigenvalue weighted by Crippen LogP contribution is 2.11. The van der Waals surface area contributed by atoms with Crippen LogP contribution in [0.3, 0.4) is 0 Å². The Labute approximate surface area is 117 Å². The van der Waals surface area contributed by atoms with Gasteiger partial charge in [-0.1, -0.05) is 23.4 Å². The fourth-order valence-corrected chi connectivity index (χ4v) is 1.80. The van der Waals surface area contributed by atoms with E-state index in [1.807, 2.05) is 11.9 Å². The Morgan fingerprint density at radius 1 is 1.35 bits per heavy atom. The molecule has 0 atom stereocenters. The molecular weight excluding hydrogens is 261 g/mol. The van der Waals surface area contributed by atoms with Crippen LogP contribution < -0.4 is 0 Å². The molecule has 0 unspecified atom stereocenters. The number of rotatable bonds is 7. The van der Waals surface area contributed by atoms with E-state index in [1.165, 1.54) is 6.07 Å². The van der Waals surface area contributed by atoms with Crippen molar-refractivity contribution >= 4 is 0 Å². The summed E-state index contributed by atoms with van der Waals surface area (Å²) >= 11 is 0. The van der Waals surface area contributed by atoms with Gasteiger partial charge < -0.3 is 9.26 Å². The second-order valence-electron chi connectivity index (χ2n) is 4.60. The number of likely N-dealkylation sites (N-methyl/N-ethyl adjacent to an activating group) is 1. The van der Waals surface area contributed by atoms with Crippen molar-refractivity contribution in [2.24, 2.45) is 0 Å². The molecule has 0 fully saturated rings. The Morgan fingerprint density at radius 2 is 2.15 bits per heavy atom. The van der Waals surface area contributed by atoms with Crippen molar-refractivity contribution in [2.75, 3.05) is 27.3 Å². The second-order valence-corrected chi connectivity index (χ2v) is 4.60. The molecule has 20 heavy (non-hydrogen) atoms. The first kappa shape index (κ1) is 14.6. The standard InChI is InChI=1S/C14H18FN3O2/c1-18(7-8-19-2)10-14-16-13(17-20-14)9-11-5-3-4-6-12(11)15/h3-6H,7-10H2,1-2H3. The number of hydrogen-bond acceptors (Lipinski definition) is 5. The van der Waals surface area contributed by atoms with Crippen molar-refractivity contribution in [1.82, 2.24) is 15.0 Å². The van der Waals surface area contributed by atoms with Crippen LogP contribution in [0.5, 0.6) is 0 Å². The van der Waals surface area contributed by atoms with E-state index in [1.54, 1.807) is 25.3 Å². The highest BCUT2D eigenvalue weighted by molar-refractivity contribution is 5.20. The summed E-state index contributed by atoms with van der Waals surface area (Å²) in [5.41, 5.74) is 0.563. The fourth-order valence-electron chi connectivity index (χ4n) is 1.80. The first-order valence-corrected chi connectivity index (χ1v) is 6.41. The van der Waals surface area contributed by atoms with E-state index in [2.05, 4.69) is 10.1 Å². The van der Waals surface area contributed by atoms with E-state index >= 15 is 0 Å². The van der Waals surface area contributed by atoms with Crippen LogP contribution in [-0.4, -0.2) is 42.3 Å². The van der Waals surface area contributed by atoms with Crippen molar-refractivity contribution < 1.29 is 13.7 Å². The Kier molecular flexibility index (Phi) is 5.20. The Morgan fingerprint density at radius 3 is 2.90 bits per heavy atom. The molecule has 2 rings (SSSR count). The summed E-state index contributed by atoms with van der Waals surface area (Å²) in [7, 11) is 3.60. The van der Waals surface area contributed by atoms with Crippen LogP contribution in [-0.2, 0) is 17.7 Å². The zero-order chi connectivity index (χ0) is 14.4. The molecule has 6 heteroatoms. The normalized spacial score (nSPS) is 11.2. The SMILES string of the molecule is COCCN(C)Cc1nc(Cc2ccccc2F)no1. The van der Waals surface area contributed by atoms with Crippen LogP contribution in [0.25, 0.3) is 0 Å². The maximum atomic E-state index is 13.5. The molecule has 0 saturated carbocycles. The van der Waals surface area contributed by atoms with E-state index in [9.17, 15) is 4.39 Å². The second kappa shape index (κ2) is 7.12. The van der Waals surface area contributed by atoms with Crippen LogP contribution in [0.2, 0.25) is 0 Å². The van der Waals surface area contributed by atoms with Crippen LogP contribution in [0, 0.1) is 5.82 Å². The van der Waals surface area contributed by atoms with Gasteiger partial charge in [-0.25, -0.2) is 4.39 Å². The summed E-state index contributed by atoms with van der Waals surface area (Å²) < 4.78 is 23.7. The van der Waals surface area contributed by atoms with Crippen LogP contribution in [0.15, 0.2) is 28.8 Å². The molecule has 5 nitrogen and oxygen atoms in total. The highest BCUT2D eigenvalue weighted by atomic mass is 19.1. The van der Waals surface area contributed by atoms with E-state index in [4.69, 9.17) is 9.26 Å². The molecule has 0 aliphatic carbocycles. The fraction of sp³-hybridized carbons (Fsp3) is 0.429. The van der Waals surface area contributed by atoms with Crippen LogP contribution >= 0.6 is 0 Å². The molecule has 0 aliphatic rings. The Balaban J connectivity index is 1.94. The van der Waals surface area contributed by atoms with Crippen molar-refractivity contribution in [3.63, 3.8) is 0 Å². The molecule has 0 N–H and O–H groups in total. The molecule has 0 bridgehead atoms. The quantitative estimate of drug-likeness (QED) is 0.774. The van der Waals surface area contributed by atoms with Gasteiger partial charge in [0.25, 0.3) is 0 Å². The first-order valence-electron chi connectivity index (χ1n) is 6.41. The van der Waals surface area contributed by atoms with E-state index < -0.39 is 0 Å². The summed E-state index contributed by atoms with van der Waals surface area (Å²) in [6.45, 7) is 1.97. The number of hydrogen-bond donors (Lipinski definition) is 0. The summed E-state index contributed by atoms with van der Waals surface area (Å²) in [5.74, 6) is 0.760. The lowest BCUT2D eigenvalue weighted by Crippen LogP contribution is -2.22. The van der Waals surface area contributed by atoms with Gasteiger partial charge in [0.2, 0.25) is 5.89 Å². The molecule has 0 saturated heterocycles. The maximum Gasteiger partial charge on any atom is 0.240 e. The van der Waals surface area contributed by atoms with Gasteiger partial charge in [0, 0.05) is 20.1 Å². The topological polar surface area (TPSA) is 51.4 Å². The molecule has 1 aromatic heterocycles. The molecule has 0 amide bonds. The number of halogens is 1. The lowest BCUT2D eigenvalue weighted by molar-refractivity contribution is 0.152. The third-order valence-corrected chi connectivity index (χ3v) is 2.90.